The summed E-state index contributed by atoms with van der Waals surface area (Å²) in [6.07, 6.45) is 7.32. The molecule has 0 spiro atoms. The minimum atomic E-state index is -4.34. The second-order valence-electron chi connectivity index (χ2n) is 7.30. The van der Waals surface area contributed by atoms with E-state index in [0.717, 1.165) is 5.56 Å². The third-order valence-corrected chi connectivity index (χ3v) is 5.27. The number of aliphatic hydroxyl groups is 1. The Morgan fingerprint density at radius 1 is 1.12 bits per heavy atom. The minimum Gasteiger partial charge on any atom is -0.394 e. The predicted molar refractivity (Wildman–Crippen MR) is 105 cm³/mol. The molecule has 0 bridgehead atoms. The molecule has 150 valence electrons. The third kappa shape index (κ3) is 9.38. The Morgan fingerprint density at radius 2 is 1.77 bits per heavy atom. The van der Waals surface area contributed by atoms with E-state index in [4.69, 9.17) is 20.4 Å². The van der Waals surface area contributed by atoms with E-state index in [1.807, 2.05) is 0 Å². The maximum absolute atomic E-state index is 9.46. The fourth-order valence-corrected chi connectivity index (χ4v) is 3.29. The van der Waals surface area contributed by atoms with Gasteiger partial charge in [-0.25, -0.2) is 0 Å². The summed E-state index contributed by atoms with van der Waals surface area (Å²) in [7, 11) is -4.34. The van der Waals surface area contributed by atoms with Gasteiger partial charge in [0.15, 0.2) is 0 Å². The molecule has 0 aromatic heterocycles. The summed E-state index contributed by atoms with van der Waals surface area (Å²) < 4.78 is 4.57. The van der Waals surface area contributed by atoms with E-state index in [0.29, 0.717) is 18.8 Å². The van der Waals surface area contributed by atoms with Crippen molar-refractivity contribution in [1.29, 1.82) is 0 Å². The lowest BCUT2D eigenvalue weighted by molar-refractivity contribution is 0.0870. The number of benzene rings is 1. The van der Waals surface area contributed by atoms with Crippen LogP contribution >= 0.6 is 8.17 Å². The highest BCUT2D eigenvalue weighted by Gasteiger charge is 2.38. The van der Waals surface area contributed by atoms with Crippen LogP contribution in [0, 0.1) is 0 Å². The normalized spacial score (nSPS) is 15.7. The average Bonchev–Trinajstić information content (AvgIpc) is 2.61. The number of nitrogens with two attached hydrogens (primary N) is 1. The van der Waals surface area contributed by atoms with Gasteiger partial charge in [-0.15, -0.1) is 0 Å². The third-order valence-electron chi connectivity index (χ3n) is 4.79. The molecule has 6 N–H and O–H groups in total. The standard InChI is InChI=1S/C19H35NO5P/c1-3-4-5-6-7-16(2)18-10-8-17(9-11-18)12-13-19(20,14-21)15-25-26(22,23)24/h8-11,16,21-24H,3-7,12-15,20H2,1-2H3/q+1. The highest BCUT2D eigenvalue weighted by Crippen LogP contribution is 2.46. The zero-order valence-corrected chi connectivity index (χ0v) is 16.9. The van der Waals surface area contributed by atoms with E-state index < -0.39 is 13.7 Å². The number of hydrogen-bond acceptors (Lipinski definition) is 6. The van der Waals surface area contributed by atoms with Crippen LogP contribution in [-0.4, -0.2) is 38.5 Å². The second kappa shape index (κ2) is 11.3. The SMILES string of the molecule is CCCCCCC(C)c1ccc(CCC(N)(CO)CO[P+](O)(O)O)cc1. The van der Waals surface area contributed by atoms with Gasteiger partial charge in [0.25, 0.3) is 0 Å². The van der Waals surface area contributed by atoms with Gasteiger partial charge in [-0.2, -0.15) is 19.2 Å². The first-order chi connectivity index (χ1) is 12.2. The zero-order chi connectivity index (χ0) is 19.6. The van der Waals surface area contributed by atoms with E-state index in [2.05, 4.69) is 42.6 Å². The van der Waals surface area contributed by atoms with Crippen molar-refractivity contribution < 1.29 is 24.3 Å². The first-order valence-corrected chi connectivity index (χ1v) is 11.0. The Kier molecular flexibility index (Phi) is 10.2. The van der Waals surface area contributed by atoms with Gasteiger partial charge in [-0.3, -0.25) is 0 Å². The van der Waals surface area contributed by atoms with Crippen molar-refractivity contribution in [3.05, 3.63) is 35.4 Å². The lowest BCUT2D eigenvalue weighted by atomic mass is 9.91. The molecular weight excluding hydrogens is 353 g/mol. The molecule has 0 saturated carbocycles. The number of unbranched alkanes of at least 4 members (excludes halogenated alkanes) is 3. The van der Waals surface area contributed by atoms with Crippen LogP contribution in [0.15, 0.2) is 24.3 Å². The summed E-state index contributed by atoms with van der Waals surface area (Å²) in [5.41, 5.74) is 7.30. The smallest absolute Gasteiger partial charge is 0.394 e. The minimum absolute atomic E-state index is 0.326. The van der Waals surface area contributed by atoms with Gasteiger partial charge in [0.2, 0.25) is 0 Å². The van der Waals surface area contributed by atoms with Crippen LogP contribution in [0.2, 0.25) is 0 Å². The van der Waals surface area contributed by atoms with Gasteiger partial charge >= 0.3 is 8.17 Å². The van der Waals surface area contributed by atoms with Crippen molar-refractivity contribution in [2.45, 2.75) is 70.3 Å². The van der Waals surface area contributed by atoms with Crippen LogP contribution in [0.25, 0.3) is 0 Å². The molecule has 0 radical (unpaired) electrons. The van der Waals surface area contributed by atoms with E-state index >= 15 is 0 Å². The summed E-state index contributed by atoms with van der Waals surface area (Å²) in [6, 6.07) is 8.41. The monoisotopic (exact) mass is 388 g/mol. The molecular formula is C19H35NO5P+. The average molecular weight is 388 g/mol. The lowest BCUT2D eigenvalue weighted by Crippen LogP contribution is -2.48. The number of hydrogen-bond donors (Lipinski definition) is 5. The quantitative estimate of drug-likeness (QED) is 0.262. The predicted octanol–water partition coefficient (Wildman–Crippen LogP) is 3.05. The fraction of sp³-hybridized carbons (Fsp3) is 0.684. The highest BCUT2D eigenvalue weighted by atomic mass is 31.2. The molecule has 7 heteroatoms. The number of aryl methyl sites for hydroxylation is 1. The molecule has 0 amide bonds. The fourth-order valence-electron chi connectivity index (χ4n) is 2.86. The molecule has 0 fully saturated rings. The molecule has 1 aromatic carbocycles. The van der Waals surface area contributed by atoms with E-state index in [1.165, 1.54) is 37.7 Å². The van der Waals surface area contributed by atoms with E-state index in [9.17, 15) is 5.11 Å². The Hall–Kier alpha value is -0.590. The first-order valence-electron chi connectivity index (χ1n) is 9.39. The van der Waals surface area contributed by atoms with Gasteiger partial charge in [0.05, 0.1) is 12.1 Å². The topological polar surface area (TPSA) is 116 Å². The Balaban J connectivity index is 2.50. The van der Waals surface area contributed by atoms with E-state index in [-0.39, 0.29) is 13.2 Å². The van der Waals surface area contributed by atoms with E-state index in [1.54, 1.807) is 0 Å². The summed E-state index contributed by atoms with van der Waals surface area (Å²) in [5.74, 6) is 0.538. The van der Waals surface area contributed by atoms with Crippen LogP contribution in [0.5, 0.6) is 0 Å². The van der Waals surface area contributed by atoms with Crippen LogP contribution in [-0.2, 0) is 10.9 Å². The molecule has 0 heterocycles. The summed E-state index contributed by atoms with van der Waals surface area (Å²) >= 11 is 0. The van der Waals surface area contributed by atoms with Crippen LogP contribution in [0.4, 0.5) is 0 Å². The van der Waals surface area contributed by atoms with Crippen molar-refractivity contribution >= 4 is 8.17 Å². The molecule has 6 nitrogen and oxygen atoms in total. The van der Waals surface area contributed by atoms with Crippen molar-refractivity contribution in [3.63, 3.8) is 0 Å². The first kappa shape index (κ1) is 23.4. The molecule has 0 aliphatic heterocycles. The summed E-state index contributed by atoms with van der Waals surface area (Å²) in [4.78, 5) is 26.7. The van der Waals surface area contributed by atoms with Crippen LogP contribution in [0.3, 0.4) is 0 Å². The lowest BCUT2D eigenvalue weighted by Gasteiger charge is -2.25. The Labute approximate surface area is 157 Å². The van der Waals surface area contributed by atoms with Crippen molar-refractivity contribution in [2.24, 2.45) is 5.73 Å². The molecule has 2 unspecified atom stereocenters. The van der Waals surface area contributed by atoms with Gasteiger partial charge in [0.1, 0.15) is 6.61 Å². The van der Waals surface area contributed by atoms with Crippen molar-refractivity contribution in [3.8, 4) is 0 Å². The molecule has 1 aromatic rings. The molecule has 1 rings (SSSR count). The number of aliphatic hydroxyl groups excluding tert-OH is 1. The molecule has 0 aliphatic carbocycles. The Bertz CT molecular complexity index is 506. The van der Waals surface area contributed by atoms with Gasteiger partial charge in [0, 0.05) is 0 Å². The van der Waals surface area contributed by atoms with Crippen molar-refractivity contribution in [2.75, 3.05) is 13.2 Å². The second-order valence-corrected chi connectivity index (χ2v) is 8.58. The Morgan fingerprint density at radius 3 is 2.31 bits per heavy atom. The van der Waals surface area contributed by atoms with Gasteiger partial charge < -0.3 is 10.8 Å². The van der Waals surface area contributed by atoms with Crippen LogP contribution in [0.1, 0.15) is 69.4 Å². The molecule has 2 atom stereocenters. The maximum atomic E-state index is 9.46. The molecule has 0 aliphatic rings. The maximum Gasteiger partial charge on any atom is 0.567 e. The zero-order valence-electron chi connectivity index (χ0n) is 16.0. The molecule has 26 heavy (non-hydrogen) atoms. The van der Waals surface area contributed by atoms with Crippen molar-refractivity contribution in [1.82, 2.24) is 0 Å². The number of rotatable bonds is 13. The van der Waals surface area contributed by atoms with Crippen LogP contribution < -0.4 is 5.73 Å². The largest absolute Gasteiger partial charge is 0.567 e. The van der Waals surface area contributed by atoms with Gasteiger partial charge in [-0.05, 0) is 36.3 Å². The van der Waals surface area contributed by atoms with Gasteiger partial charge in [-0.1, -0.05) is 63.8 Å². The molecule has 0 saturated heterocycles. The highest BCUT2D eigenvalue weighted by molar-refractivity contribution is 7.53. The summed E-state index contributed by atoms with van der Waals surface area (Å²) in [5, 5.41) is 9.46. The summed E-state index contributed by atoms with van der Waals surface area (Å²) in [6.45, 7) is 3.77.